The molecule has 4 nitrogen and oxygen atoms in total. The Hall–Kier alpha value is -2.43. The summed E-state index contributed by atoms with van der Waals surface area (Å²) in [6, 6.07) is 6.18. The topological polar surface area (TPSA) is 51.0 Å². The molecule has 0 bridgehead atoms. The van der Waals surface area contributed by atoms with Crippen molar-refractivity contribution in [2.24, 2.45) is 0 Å². The van der Waals surface area contributed by atoms with Crippen molar-refractivity contribution in [1.82, 2.24) is 9.97 Å². The van der Waals surface area contributed by atoms with Crippen molar-refractivity contribution in [3.8, 4) is 11.5 Å². The molecule has 0 amide bonds. The highest BCUT2D eigenvalue weighted by Gasteiger charge is 2.12. The first kappa shape index (κ1) is 11.6. The van der Waals surface area contributed by atoms with Crippen LogP contribution in [0.1, 0.15) is 6.92 Å². The van der Waals surface area contributed by atoms with Crippen molar-refractivity contribution in [3.05, 3.63) is 42.5 Å². The summed E-state index contributed by atoms with van der Waals surface area (Å²) in [4.78, 5) is 8.50. The maximum Gasteiger partial charge on any atom is 0.157 e. The average molecular weight is 257 g/mol. The number of fused-ring (bicyclic) bond motifs is 1. The Morgan fingerprint density at radius 2 is 2.05 bits per heavy atom. The molecule has 0 spiro atoms. The number of hydrogen-bond acceptors (Lipinski definition) is 4. The van der Waals surface area contributed by atoms with Crippen molar-refractivity contribution >= 4 is 16.8 Å². The number of furan rings is 1. The summed E-state index contributed by atoms with van der Waals surface area (Å²) in [5.41, 5.74) is 1.26. The van der Waals surface area contributed by atoms with E-state index in [2.05, 4.69) is 15.3 Å². The molecule has 0 fully saturated rings. The Bertz CT molecular complexity index is 724. The quantitative estimate of drug-likeness (QED) is 0.780. The van der Waals surface area contributed by atoms with E-state index in [-0.39, 0.29) is 5.82 Å². The molecule has 0 aliphatic heterocycles. The molecular formula is C14H12FN3O. The van der Waals surface area contributed by atoms with Crippen molar-refractivity contribution in [2.75, 3.05) is 11.9 Å². The predicted molar refractivity (Wildman–Crippen MR) is 71.4 cm³/mol. The summed E-state index contributed by atoms with van der Waals surface area (Å²) in [5.74, 6) is 0.945. The molecule has 0 aliphatic carbocycles. The minimum absolute atomic E-state index is 0.286. The first-order valence-corrected chi connectivity index (χ1v) is 6.02. The third-order valence-corrected chi connectivity index (χ3v) is 2.75. The number of hydrogen-bond donors (Lipinski definition) is 1. The molecule has 1 N–H and O–H groups in total. The first-order valence-electron chi connectivity index (χ1n) is 6.02. The van der Waals surface area contributed by atoms with Crippen LogP contribution in [0.15, 0.2) is 41.1 Å². The monoisotopic (exact) mass is 257 g/mol. The zero-order valence-corrected chi connectivity index (χ0v) is 10.4. The van der Waals surface area contributed by atoms with Crippen LogP contribution in [-0.4, -0.2) is 16.5 Å². The SMILES string of the molecule is CCNc1nccnc1-c1cc2cc(F)ccc2o1. The van der Waals surface area contributed by atoms with Crippen molar-refractivity contribution in [2.45, 2.75) is 6.92 Å². The van der Waals surface area contributed by atoms with Crippen LogP contribution in [0.25, 0.3) is 22.4 Å². The third-order valence-electron chi connectivity index (χ3n) is 2.75. The van der Waals surface area contributed by atoms with Gasteiger partial charge < -0.3 is 9.73 Å². The highest BCUT2D eigenvalue weighted by Crippen LogP contribution is 2.30. The van der Waals surface area contributed by atoms with E-state index in [0.29, 0.717) is 28.2 Å². The van der Waals surface area contributed by atoms with Gasteiger partial charge in [0.25, 0.3) is 0 Å². The van der Waals surface area contributed by atoms with Crippen LogP contribution in [0.4, 0.5) is 10.2 Å². The fourth-order valence-electron chi connectivity index (χ4n) is 1.95. The molecule has 19 heavy (non-hydrogen) atoms. The van der Waals surface area contributed by atoms with E-state index in [1.807, 2.05) is 6.92 Å². The van der Waals surface area contributed by atoms with Crippen molar-refractivity contribution < 1.29 is 8.81 Å². The van der Waals surface area contributed by atoms with Gasteiger partial charge in [-0.1, -0.05) is 0 Å². The highest BCUT2D eigenvalue weighted by molar-refractivity contribution is 5.84. The van der Waals surface area contributed by atoms with E-state index < -0.39 is 0 Å². The van der Waals surface area contributed by atoms with Crippen LogP contribution in [0.3, 0.4) is 0 Å². The minimum Gasteiger partial charge on any atom is -0.454 e. The third kappa shape index (κ3) is 2.14. The summed E-state index contributed by atoms with van der Waals surface area (Å²) in [5, 5.41) is 3.83. The van der Waals surface area contributed by atoms with Gasteiger partial charge in [-0.05, 0) is 31.2 Å². The fraction of sp³-hybridized carbons (Fsp3) is 0.143. The molecule has 5 heteroatoms. The van der Waals surface area contributed by atoms with E-state index >= 15 is 0 Å². The Morgan fingerprint density at radius 3 is 2.89 bits per heavy atom. The van der Waals surface area contributed by atoms with Gasteiger partial charge in [-0.15, -0.1) is 0 Å². The molecular weight excluding hydrogens is 245 g/mol. The summed E-state index contributed by atoms with van der Waals surface area (Å²) < 4.78 is 18.9. The minimum atomic E-state index is -0.286. The van der Waals surface area contributed by atoms with Crippen LogP contribution in [0.5, 0.6) is 0 Å². The van der Waals surface area contributed by atoms with Gasteiger partial charge in [-0.2, -0.15) is 0 Å². The molecule has 1 aromatic carbocycles. The number of nitrogens with zero attached hydrogens (tertiary/aromatic N) is 2. The van der Waals surface area contributed by atoms with Gasteiger partial charge in [0, 0.05) is 24.3 Å². The predicted octanol–water partition coefficient (Wildman–Crippen LogP) is 3.46. The molecule has 0 radical (unpaired) electrons. The van der Waals surface area contributed by atoms with Gasteiger partial charge >= 0.3 is 0 Å². The molecule has 0 unspecified atom stereocenters. The van der Waals surface area contributed by atoms with Crippen LogP contribution < -0.4 is 5.32 Å². The molecule has 3 aromatic rings. The Balaban J connectivity index is 2.13. The number of rotatable bonds is 3. The lowest BCUT2D eigenvalue weighted by Crippen LogP contribution is -2.01. The molecule has 0 saturated heterocycles. The van der Waals surface area contributed by atoms with Gasteiger partial charge in [-0.25, -0.2) is 14.4 Å². The number of nitrogens with one attached hydrogen (secondary N) is 1. The number of halogens is 1. The molecule has 96 valence electrons. The maximum absolute atomic E-state index is 13.2. The number of anilines is 1. The van der Waals surface area contributed by atoms with Crippen LogP contribution in [-0.2, 0) is 0 Å². The second-order valence-electron chi connectivity index (χ2n) is 4.08. The van der Waals surface area contributed by atoms with Gasteiger partial charge in [0.1, 0.15) is 17.1 Å². The summed E-state index contributed by atoms with van der Waals surface area (Å²) >= 11 is 0. The van der Waals surface area contributed by atoms with E-state index in [1.165, 1.54) is 12.1 Å². The number of aromatic nitrogens is 2. The second-order valence-corrected chi connectivity index (χ2v) is 4.08. The fourth-order valence-corrected chi connectivity index (χ4v) is 1.95. The van der Waals surface area contributed by atoms with Crippen LogP contribution >= 0.6 is 0 Å². The van der Waals surface area contributed by atoms with Gasteiger partial charge in [0.15, 0.2) is 11.6 Å². The van der Waals surface area contributed by atoms with Crippen LogP contribution in [0, 0.1) is 5.82 Å². The van der Waals surface area contributed by atoms with Gasteiger partial charge in [0.05, 0.1) is 0 Å². The zero-order valence-electron chi connectivity index (χ0n) is 10.4. The lowest BCUT2D eigenvalue weighted by Gasteiger charge is -2.05. The molecule has 0 aliphatic rings. The molecule has 0 atom stereocenters. The molecule has 0 saturated carbocycles. The van der Waals surface area contributed by atoms with Gasteiger partial charge in [0.2, 0.25) is 0 Å². The van der Waals surface area contributed by atoms with Crippen LogP contribution in [0.2, 0.25) is 0 Å². The highest BCUT2D eigenvalue weighted by atomic mass is 19.1. The molecule has 3 rings (SSSR count). The normalized spacial score (nSPS) is 10.8. The van der Waals surface area contributed by atoms with E-state index in [0.717, 1.165) is 6.54 Å². The largest absolute Gasteiger partial charge is 0.454 e. The maximum atomic E-state index is 13.2. The van der Waals surface area contributed by atoms with Crippen molar-refractivity contribution in [1.29, 1.82) is 0 Å². The Morgan fingerprint density at radius 1 is 1.21 bits per heavy atom. The van der Waals surface area contributed by atoms with E-state index in [1.54, 1.807) is 24.5 Å². The lowest BCUT2D eigenvalue weighted by molar-refractivity contribution is 0.617. The lowest BCUT2D eigenvalue weighted by atomic mass is 10.2. The van der Waals surface area contributed by atoms with E-state index in [4.69, 9.17) is 4.42 Å². The number of benzene rings is 1. The molecule has 2 aromatic heterocycles. The molecule has 2 heterocycles. The first-order chi connectivity index (χ1) is 9.28. The van der Waals surface area contributed by atoms with Gasteiger partial charge in [-0.3, -0.25) is 0 Å². The summed E-state index contributed by atoms with van der Waals surface area (Å²) in [6.07, 6.45) is 3.22. The Labute approximate surface area is 109 Å². The Kier molecular flexibility index (Phi) is 2.87. The zero-order chi connectivity index (χ0) is 13.2. The van der Waals surface area contributed by atoms with E-state index in [9.17, 15) is 4.39 Å². The summed E-state index contributed by atoms with van der Waals surface area (Å²) in [6.45, 7) is 2.72. The second kappa shape index (κ2) is 4.68. The smallest absolute Gasteiger partial charge is 0.157 e. The van der Waals surface area contributed by atoms with Crippen molar-refractivity contribution in [3.63, 3.8) is 0 Å². The summed E-state index contributed by atoms with van der Waals surface area (Å²) in [7, 11) is 0. The standard InChI is InChI=1S/C14H12FN3O/c1-2-16-14-13(17-5-6-18-14)12-8-9-7-10(15)3-4-11(9)19-12/h3-8H,2H2,1H3,(H,16,18). The average Bonchev–Trinajstić information content (AvgIpc) is 2.82.